The number of nitrogens with zero attached hydrogens (tertiary/aromatic N) is 3. The number of thiol groups is 1. The summed E-state index contributed by atoms with van der Waals surface area (Å²) in [4.78, 5) is 39.2. The Hall–Kier alpha value is -4.12. The van der Waals surface area contributed by atoms with E-state index in [0.29, 0.717) is 54.5 Å². The SMILES string of the molecule is Nc1nc(OCc2ccc(CNC(=O)c3ccc(CNC(=O)CCS)cc3)cc2)c2[nH]cnc2n1. The molecule has 0 unspecified atom stereocenters. The second-order valence-electron chi connectivity index (χ2n) is 7.72. The molecule has 0 spiro atoms. The second-order valence-corrected chi connectivity index (χ2v) is 8.17. The molecule has 0 fully saturated rings. The molecule has 2 aromatic carbocycles. The highest BCUT2D eigenvalue weighted by atomic mass is 32.1. The highest BCUT2D eigenvalue weighted by Crippen LogP contribution is 2.21. The van der Waals surface area contributed by atoms with E-state index in [4.69, 9.17) is 10.5 Å². The first-order valence-corrected chi connectivity index (χ1v) is 11.6. The third kappa shape index (κ3) is 6.48. The molecule has 0 saturated heterocycles. The summed E-state index contributed by atoms with van der Waals surface area (Å²) in [6.07, 6.45) is 1.89. The first-order valence-electron chi connectivity index (χ1n) is 10.9. The quantitative estimate of drug-likeness (QED) is 0.214. The van der Waals surface area contributed by atoms with Crippen LogP contribution >= 0.6 is 12.6 Å². The Balaban J connectivity index is 1.26. The van der Waals surface area contributed by atoms with E-state index in [-0.39, 0.29) is 17.8 Å². The number of benzene rings is 2. The monoisotopic (exact) mass is 491 g/mol. The number of carbonyl (C=O) groups is 2. The average molecular weight is 492 g/mol. The van der Waals surface area contributed by atoms with Crippen LogP contribution in [0.5, 0.6) is 5.88 Å². The zero-order chi connectivity index (χ0) is 24.6. The van der Waals surface area contributed by atoms with Crippen molar-refractivity contribution in [3.8, 4) is 5.88 Å². The van der Waals surface area contributed by atoms with Gasteiger partial charge in [-0.25, -0.2) is 4.98 Å². The molecule has 35 heavy (non-hydrogen) atoms. The number of rotatable bonds is 10. The zero-order valence-corrected chi connectivity index (χ0v) is 19.7. The summed E-state index contributed by atoms with van der Waals surface area (Å²) in [7, 11) is 0. The Morgan fingerprint density at radius 1 is 0.943 bits per heavy atom. The van der Waals surface area contributed by atoms with Crippen molar-refractivity contribution in [3.05, 3.63) is 77.1 Å². The van der Waals surface area contributed by atoms with Gasteiger partial charge in [0.15, 0.2) is 5.65 Å². The van der Waals surface area contributed by atoms with Gasteiger partial charge in [0.1, 0.15) is 12.1 Å². The number of ether oxygens (including phenoxy) is 1. The molecular weight excluding hydrogens is 466 g/mol. The molecule has 5 N–H and O–H groups in total. The number of hydrogen-bond donors (Lipinski definition) is 5. The van der Waals surface area contributed by atoms with E-state index in [1.54, 1.807) is 12.1 Å². The maximum atomic E-state index is 12.5. The summed E-state index contributed by atoms with van der Waals surface area (Å²) < 4.78 is 5.79. The summed E-state index contributed by atoms with van der Waals surface area (Å²) >= 11 is 4.04. The maximum absolute atomic E-state index is 12.5. The van der Waals surface area contributed by atoms with Gasteiger partial charge in [0.05, 0.1) is 6.33 Å². The summed E-state index contributed by atoms with van der Waals surface area (Å²) in [6, 6.07) is 14.8. The molecule has 0 aliphatic rings. The Bertz CT molecular complexity index is 1310. The van der Waals surface area contributed by atoms with E-state index in [1.807, 2.05) is 36.4 Å². The number of H-pyrrole nitrogens is 1. The first-order chi connectivity index (χ1) is 17.0. The molecule has 2 amide bonds. The highest BCUT2D eigenvalue weighted by Gasteiger charge is 2.10. The summed E-state index contributed by atoms with van der Waals surface area (Å²) in [6.45, 7) is 1.10. The van der Waals surface area contributed by atoms with Gasteiger partial charge in [-0.2, -0.15) is 22.6 Å². The van der Waals surface area contributed by atoms with Crippen LogP contribution in [0.15, 0.2) is 54.9 Å². The standard InChI is InChI=1S/C24H25N7O3S/c25-24-30-21-20(28-14-29-21)23(31-24)34-13-17-3-1-15(2-4-17)12-27-22(33)18-7-5-16(6-8-18)11-26-19(32)9-10-35/h1-8,14,35H,9-13H2,(H,26,32)(H,27,33)(H3,25,28,29,30,31). The number of nitrogen functional groups attached to an aromatic ring is 1. The Morgan fingerprint density at radius 2 is 1.60 bits per heavy atom. The fourth-order valence-corrected chi connectivity index (χ4v) is 3.48. The Morgan fingerprint density at radius 3 is 2.31 bits per heavy atom. The van der Waals surface area contributed by atoms with Crippen LogP contribution in [0.2, 0.25) is 0 Å². The largest absolute Gasteiger partial charge is 0.471 e. The van der Waals surface area contributed by atoms with Crippen molar-refractivity contribution in [2.45, 2.75) is 26.1 Å². The molecule has 2 aromatic heterocycles. The smallest absolute Gasteiger partial charge is 0.251 e. The number of fused-ring (bicyclic) bond motifs is 1. The van der Waals surface area contributed by atoms with E-state index < -0.39 is 0 Å². The van der Waals surface area contributed by atoms with Gasteiger partial charge in [-0.05, 0) is 34.6 Å². The molecule has 0 aliphatic carbocycles. The summed E-state index contributed by atoms with van der Waals surface area (Å²) in [5, 5.41) is 5.73. The van der Waals surface area contributed by atoms with Gasteiger partial charge < -0.3 is 26.1 Å². The van der Waals surface area contributed by atoms with E-state index in [0.717, 1.165) is 16.7 Å². The average Bonchev–Trinajstić information content (AvgIpc) is 3.34. The number of hydrogen-bond acceptors (Lipinski definition) is 8. The Labute approximate surface area is 207 Å². The number of amides is 2. The van der Waals surface area contributed by atoms with Crippen LogP contribution in [0.1, 0.15) is 33.5 Å². The van der Waals surface area contributed by atoms with Crippen LogP contribution in [-0.2, 0) is 24.5 Å². The topological polar surface area (TPSA) is 148 Å². The number of nitrogens with two attached hydrogens (primary N) is 1. The van der Waals surface area contributed by atoms with Crippen molar-refractivity contribution in [1.29, 1.82) is 0 Å². The van der Waals surface area contributed by atoms with Crippen LogP contribution in [-0.4, -0.2) is 37.5 Å². The van der Waals surface area contributed by atoms with Crippen molar-refractivity contribution in [2.24, 2.45) is 0 Å². The van der Waals surface area contributed by atoms with Crippen LogP contribution < -0.4 is 21.1 Å². The van der Waals surface area contributed by atoms with Gasteiger partial charge >= 0.3 is 0 Å². The highest BCUT2D eigenvalue weighted by molar-refractivity contribution is 7.80. The molecule has 0 atom stereocenters. The number of aromatic nitrogens is 4. The van der Waals surface area contributed by atoms with Crippen LogP contribution in [0.25, 0.3) is 11.2 Å². The molecule has 0 bridgehead atoms. The van der Waals surface area contributed by atoms with Crippen LogP contribution in [0.4, 0.5) is 5.95 Å². The van der Waals surface area contributed by atoms with Gasteiger partial charge in [-0.3, -0.25) is 9.59 Å². The molecule has 0 radical (unpaired) electrons. The summed E-state index contributed by atoms with van der Waals surface area (Å²) in [5.41, 5.74) is 10.1. The lowest BCUT2D eigenvalue weighted by atomic mass is 10.1. The number of nitrogens with one attached hydrogen (secondary N) is 3. The van der Waals surface area contributed by atoms with Gasteiger partial charge in [0, 0.05) is 25.1 Å². The van der Waals surface area contributed by atoms with Gasteiger partial charge in [0.25, 0.3) is 5.91 Å². The van der Waals surface area contributed by atoms with Gasteiger partial charge in [0.2, 0.25) is 17.7 Å². The molecule has 180 valence electrons. The normalized spacial score (nSPS) is 10.8. The van der Waals surface area contributed by atoms with E-state index in [2.05, 4.69) is 43.2 Å². The van der Waals surface area contributed by atoms with Crippen molar-refractivity contribution in [1.82, 2.24) is 30.6 Å². The number of anilines is 1. The fourth-order valence-electron chi connectivity index (χ4n) is 3.28. The van der Waals surface area contributed by atoms with E-state index in [9.17, 15) is 9.59 Å². The van der Waals surface area contributed by atoms with Crippen molar-refractivity contribution in [2.75, 3.05) is 11.5 Å². The molecule has 0 aliphatic heterocycles. The fraction of sp³-hybridized carbons (Fsp3) is 0.208. The predicted molar refractivity (Wildman–Crippen MR) is 135 cm³/mol. The molecule has 4 rings (SSSR count). The van der Waals surface area contributed by atoms with Crippen molar-refractivity contribution < 1.29 is 14.3 Å². The van der Waals surface area contributed by atoms with Crippen molar-refractivity contribution in [3.63, 3.8) is 0 Å². The number of aromatic amines is 1. The molecule has 10 nitrogen and oxygen atoms in total. The summed E-state index contributed by atoms with van der Waals surface area (Å²) in [5.74, 6) is 0.722. The third-order valence-electron chi connectivity index (χ3n) is 5.17. The minimum absolute atomic E-state index is 0.0479. The molecule has 11 heteroatoms. The lowest BCUT2D eigenvalue weighted by Gasteiger charge is -2.09. The van der Waals surface area contributed by atoms with Crippen LogP contribution in [0.3, 0.4) is 0 Å². The number of carbonyl (C=O) groups excluding carboxylic acids is 2. The lowest BCUT2D eigenvalue weighted by molar-refractivity contribution is -0.120. The maximum Gasteiger partial charge on any atom is 0.251 e. The van der Waals surface area contributed by atoms with Crippen molar-refractivity contribution >= 4 is 41.6 Å². The minimum Gasteiger partial charge on any atom is -0.471 e. The van der Waals surface area contributed by atoms with Gasteiger partial charge in [-0.15, -0.1) is 0 Å². The molecular formula is C24H25N7O3S. The van der Waals surface area contributed by atoms with E-state index in [1.165, 1.54) is 6.33 Å². The minimum atomic E-state index is -0.173. The third-order valence-corrected chi connectivity index (χ3v) is 5.39. The molecule has 4 aromatic rings. The van der Waals surface area contributed by atoms with Gasteiger partial charge in [-0.1, -0.05) is 36.4 Å². The first kappa shape index (κ1) is 24.0. The number of imidazole rings is 1. The van der Waals surface area contributed by atoms with E-state index >= 15 is 0 Å². The molecule has 0 saturated carbocycles. The Kier molecular flexibility index (Phi) is 7.78. The lowest BCUT2D eigenvalue weighted by Crippen LogP contribution is -2.24. The zero-order valence-electron chi connectivity index (χ0n) is 18.8. The molecule has 2 heterocycles. The second kappa shape index (κ2) is 11.3. The van der Waals surface area contributed by atoms with Crippen LogP contribution in [0, 0.1) is 0 Å². The predicted octanol–water partition coefficient (Wildman–Crippen LogP) is 2.38.